The minimum Gasteiger partial charge on any atom is -0.464 e. The molecule has 2 amide bonds. The first kappa shape index (κ1) is 32.6. The van der Waals surface area contributed by atoms with Gasteiger partial charge in [-0.2, -0.15) is 0 Å². The zero-order valence-corrected chi connectivity index (χ0v) is 25.9. The van der Waals surface area contributed by atoms with E-state index in [4.69, 9.17) is 18.9 Å². The highest BCUT2D eigenvalue weighted by molar-refractivity contribution is 5.92. The van der Waals surface area contributed by atoms with Gasteiger partial charge >= 0.3 is 24.1 Å². The van der Waals surface area contributed by atoms with Crippen molar-refractivity contribution in [2.45, 2.75) is 89.7 Å². The monoisotopic (exact) mass is 606 g/mol. The molecule has 44 heavy (non-hydrogen) atoms. The third-order valence-electron chi connectivity index (χ3n) is 8.07. The van der Waals surface area contributed by atoms with Crippen molar-refractivity contribution in [3.05, 3.63) is 83.6 Å². The van der Waals surface area contributed by atoms with E-state index in [-0.39, 0.29) is 31.2 Å². The maximum atomic E-state index is 13.9. The summed E-state index contributed by atoms with van der Waals surface area (Å²) in [5, 5.41) is 2.51. The third kappa shape index (κ3) is 8.18. The molecule has 10 nitrogen and oxygen atoms in total. The summed E-state index contributed by atoms with van der Waals surface area (Å²) in [4.78, 5) is 54.4. The van der Waals surface area contributed by atoms with Crippen LogP contribution in [0.1, 0.15) is 70.4 Å². The van der Waals surface area contributed by atoms with Crippen LogP contribution in [0.4, 0.5) is 9.59 Å². The molecule has 2 aromatic carbocycles. The zero-order valence-electron chi connectivity index (χ0n) is 25.9. The Hall–Kier alpha value is -4.34. The van der Waals surface area contributed by atoms with Gasteiger partial charge in [-0.15, -0.1) is 0 Å². The lowest BCUT2D eigenvalue weighted by Gasteiger charge is -2.45. The Labute approximate surface area is 258 Å². The van der Waals surface area contributed by atoms with Crippen LogP contribution in [0.25, 0.3) is 0 Å². The van der Waals surface area contributed by atoms with Gasteiger partial charge in [-0.3, -0.25) is 10.2 Å². The Bertz CT molecular complexity index is 1340. The maximum absolute atomic E-state index is 13.9. The molecule has 3 atom stereocenters. The molecule has 2 aliphatic rings. The minimum absolute atomic E-state index is 0.0196. The first-order valence-electron chi connectivity index (χ1n) is 15.0. The Kier molecular flexibility index (Phi) is 10.7. The Morgan fingerprint density at radius 2 is 1.55 bits per heavy atom. The predicted octanol–water partition coefficient (Wildman–Crippen LogP) is 6.04. The van der Waals surface area contributed by atoms with Crippen molar-refractivity contribution in [3.63, 3.8) is 0 Å². The molecule has 1 aliphatic carbocycles. The van der Waals surface area contributed by atoms with Crippen molar-refractivity contribution in [2.24, 2.45) is 5.92 Å². The molecule has 1 heterocycles. The fraction of sp³-hybridized carbons (Fsp3) is 0.471. The van der Waals surface area contributed by atoms with Crippen LogP contribution in [0.3, 0.4) is 0 Å². The van der Waals surface area contributed by atoms with Crippen molar-refractivity contribution < 1.29 is 38.1 Å². The number of alkyl carbamates (subject to hydrolysis) is 1. The highest BCUT2D eigenvalue weighted by atomic mass is 16.6. The van der Waals surface area contributed by atoms with Gasteiger partial charge in [0.1, 0.15) is 30.6 Å². The summed E-state index contributed by atoms with van der Waals surface area (Å²) in [7, 11) is 1.22. The van der Waals surface area contributed by atoms with Gasteiger partial charge < -0.3 is 18.9 Å². The Morgan fingerprint density at radius 1 is 0.932 bits per heavy atom. The molecule has 2 aromatic rings. The van der Waals surface area contributed by atoms with Crippen LogP contribution >= 0.6 is 0 Å². The lowest BCUT2D eigenvalue weighted by molar-refractivity contribution is -0.161. The Balaban J connectivity index is 1.61. The lowest BCUT2D eigenvalue weighted by Crippen LogP contribution is -2.56. The quantitative estimate of drug-likeness (QED) is 0.208. The second-order valence-electron chi connectivity index (χ2n) is 12.2. The Morgan fingerprint density at radius 3 is 2.14 bits per heavy atom. The van der Waals surface area contributed by atoms with Gasteiger partial charge in [0.25, 0.3) is 0 Å². The van der Waals surface area contributed by atoms with E-state index in [9.17, 15) is 19.2 Å². The fourth-order valence-corrected chi connectivity index (χ4v) is 6.11. The number of likely N-dealkylation sites (tertiary alicyclic amines) is 1. The van der Waals surface area contributed by atoms with E-state index in [0.29, 0.717) is 12.8 Å². The number of nitrogens with zero attached hydrogens (tertiary/aromatic N) is 1. The first-order chi connectivity index (χ1) is 21.0. The molecule has 1 aliphatic heterocycles. The molecule has 0 spiro atoms. The SMILES string of the molecule is COC(=O)/C(=C\C[C@]12CCCC[C@H]1C[C@@H](C(=O)OC(C)(C)C)N2C(=O)OCc1ccccc1)NC(=O)OCc1ccccc1. The number of methoxy groups -OCH3 is 1. The topological polar surface area (TPSA) is 120 Å². The van der Waals surface area contributed by atoms with Gasteiger partial charge in [-0.05, 0) is 63.5 Å². The van der Waals surface area contributed by atoms with Crippen molar-refractivity contribution in [3.8, 4) is 0 Å². The molecular weight excluding hydrogens is 564 g/mol. The highest BCUT2D eigenvalue weighted by Gasteiger charge is 2.58. The summed E-state index contributed by atoms with van der Waals surface area (Å²) in [6, 6.07) is 17.6. The molecule has 10 heteroatoms. The largest absolute Gasteiger partial charge is 0.464 e. The number of carbonyl (C=O) groups is 4. The molecule has 0 bridgehead atoms. The molecule has 0 aromatic heterocycles. The van der Waals surface area contributed by atoms with E-state index in [1.54, 1.807) is 26.8 Å². The molecule has 1 saturated heterocycles. The van der Waals surface area contributed by atoms with Crippen LogP contribution in [0, 0.1) is 5.92 Å². The third-order valence-corrected chi connectivity index (χ3v) is 8.07. The molecule has 0 unspecified atom stereocenters. The predicted molar refractivity (Wildman–Crippen MR) is 162 cm³/mol. The summed E-state index contributed by atoms with van der Waals surface area (Å²) >= 11 is 0. The average Bonchev–Trinajstić information content (AvgIpc) is 3.36. The molecule has 4 rings (SSSR count). The summed E-state index contributed by atoms with van der Waals surface area (Å²) in [6.45, 7) is 5.42. The average molecular weight is 607 g/mol. The summed E-state index contributed by atoms with van der Waals surface area (Å²) in [5.74, 6) is -1.31. The van der Waals surface area contributed by atoms with E-state index >= 15 is 0 Å². The van der Waals surface area contributed by atoms with Gasteiger partial charge in [0.15, 0.2) is 0 Å². The van der Waals surface area contributed by atoms with Gasteiger partial charge in [0.05, 0.1) is 12.6 Å². The summed E-state index contributed by atoms with van der Waals surface area (Å²) in [5.41, 5.74) is -0.0991. The number of hydrogen-bond donors (Lipinski definition) is 1. The standard InChI is InChI=1S/C34H42N2O8/c1-33(2,3)44-30(38)28-21-26-17-11-12-19-34(26,36(28)32(40)43-23-25-15-9-6-10-16-25)20-18-27(29(37)41-4)35-31(39)42-22-24-13-7-5-8-14-24/h5-10,13-16,18,26,28H,11-12,17,19-23H2,1-4H3,(H,35,39)/b27-18+/t26-,28-,34+/m0/s1. The van der Waals surface area contributed by atoms with Crippen LogP contribution < -0.4 is 5.32 Å². The molecule has 236 valence electrons. The van der Waals surface area contributed by atoms with Gasteiger partial charge in [0, 0.05) is 0 Å². The van der Waals surface area contributed by atoms with E-state index < -0.39 is 41.3 Å². The minimum atomic E-state index is -0.862. The highest BCUT2D eigenvalue weighted by Crippen LogP contribution is 2.51. The van der Waals surface area contributed by atoms with Crippen molar-refractivity contribution in [1.29, 1.82) is 0 Å². The molecule has 2 fully saturated rings. The zero-order chi connectivity index (χ0) is 31.7. The van der Waals surface area contributed by atoms with E-state index in [1.165, 1.54) is 12.0 Å². The number of benzene rings is 2. The van der Waals surface area contributed by atoms with Crippen molar-refractivity contribution >= 4 is 24.1 Å². The number of nitrogens with one attached hydrogen (secondary N) is 1. The summed E-state index contributed by atoms with van der Waals surface area (Å²) < 4.78 is 21.8. The maximum Gasteiger partial charge on any atom is 0.412 e. The normalized spacial score (nSPS) is 21.5. The van der Waals surface area contributed by atoms with Gasteiger partial charge in [-0.1, -0.05) is 79.6 Å². The van der Waals surface area contributed by atoms with Crippen LogP contribution in [0.15, 0.2) is 72.4 Å². The van der Waals surface area contributed by atoms with Crippen LogP contribution in [-0.4, -0.2) is 53.3 Å². The molecule has 1 N–H and O–H groups in total. The van der Waals surface area contributed by atoms with E-state index in [2.05, 4.69) is 5.32 Å². The lowest BCUT2D eigenvalue weighted by atomic mass is 9.71. The first-order valence-corrected chi connectivity index (χ1v) is 15.0. The number of fused-ring (bicyclic) bond motifs is 1. The van der Waals surface area contributed by atoms with E-state index in [0.717, 1.165) is 30.4 Å². The number of hydrogen-bond acceptors (Lipinski definition) is 8. The second kappa shape index (κ2) is 14.4. The van der Waals surface area contributed by atoms with Crippen LogP contribution in [0.2, 0.25) is 0 Å². The second-order valence-corrected chi connectivity index (χ2v) is 12.2. The smallest absolute Gasteiger partial charge is 0.412 e. The fourth-order valence-electron chi connectivity index (χ4n) is 6.11. The number of rotatable bonds is 9. The van der Waals surface area contributed by atoms with Crippen LogP contribution in [-0.2, 0) is 41.8 Å². The number of ether oxygens (including phenoxy) is 4. The van der Waals surface area contributed by atoms with Crippen molar-refractivity contribution in [1.82, 2.24) is 10.2 Å². The van der Waals surface area contributed by atoms with Crippen LogP contribution in [0.5, 0.6) is 0 Å². The van der Waals surface area contributed by atoms with Gasteiger partial charge in [0.2, 0.25) is 0 Å². The van der Waals surface area contributed by atoms with E-state index in [1.807, 2.05) is 60.7 Å². The van der Waals surface area contributed by atoms with Gasteiger partial charge in [-0.25, -0.2) is 19.2 Å². The number of amides is 2. The number of carbonyl (C=O) groups excluding carboxylic acids is 4. The summed E-state index contributed by atoms with van der Waals surface area (Å²) in [6.07, 6.45) is 3.83. The molecule has 0 radical (unpaired) electrons. The number of esters is 2. The van der Waals surface area contributed by atoms with Crippen molar-refractivity contribution in [2.75, 3.05) is 7.11 Å². The molecular formula is C34H42N2O8. The molecule has 1 saturated carbocycles.